The van der Waals surface area contributed by atoms with E-state index in [2.05, 4.69) is 44.8 Å². The zero-order valence-electron chi connectivity index (χ0n) is 15.1. The van der Waals surface area contributed by atoms with E-state index < -0.39 is 0 Å². The third kappa shape index (κ3) is 4.37. The topological polar surface area (TPSA) is 69.2 Å². The van der Waals surface area contributed by atoms with Gasteiger partial charge in [-0.05, 0) is 24.3 Å². The van der Waals surface area contributed by atoms with Crippen molar-refractivity contribution in [1.82, 2.24) is 15.2 Å². The maximum absolute atomic E-state index is 5.62. The molecule has 2 aromatic rings. The minimum atomic E-state index is 0.0331. The number of hydrogen-bond acceptors (Lipinski definition) is 6. The third-order valence-corrected chi connectivity index (χ3v) is 5.21. The first-order valence-corrected chi connectivity index (χ1v) is 9.62. The van der Waals surface area contributed by atoms with Crippen molar-refractivity contribution in [3.63, 3.8) is 0 Å². The van der Waals surface area contributed by atoms with Crippen molar-refractivity contribution in [2.24, 2.45) is 0 Å². The van der Waals surface area contributed by atoms with Gasteiger partial charge >= 0.3 is 0 Å². The highest BCUT2D eigenvalue weighted by Crippen LogP contribution is 2.33. The molecular weight excluding hydrogens is 328 g/mol. The van der Waals surface area contributed by atoms with Crippen LogP contribution < -0.4 is 5.32 Å². The van der Waals surface area contributed by atoms with E-state index in [-0.39, 0.29) is 6.10 Å². The van der Waals surface area contributed by atoms with Crippen molar-refractivity contribution in [2.45, 2.75) is 44.1 Å². The summed E-state index contributed by atoms with van der Waals surface area (Å²) in [6.07, 6.45) is 8.46. The Labute approximate surface area is 154 Å². The number of aromatic nitrogens is 3. The highest BCUT2D eigenvalue weighted by Gasteiger charge is 2.16. The number of ether oxygens (including phenoxy) is 2. The lowest BCUT2D eigenvalue weighted by atomic mass is 9.84. The first-order valence-electron chi connectivity index (χ1n) is 9.62. The normalized spacial score (nSPS) is 21.5. The number of nitrogens with one attached hydrogen (secondary N) is 1. The van der Waals surface area contributed by atoms with E-state index in [1.807, 2.05) is 0 Å². The van der Waals surface area contributed by atoms with E-state index in [1.54, 1.807) is 6.20 Å². The van der Waals surface area contributed by atoms with Crippen LogP contribution >= 0.6 is 0 Å². The standard InChI is InChI=1S/C20H26N4O2/c1-2-4-15(5-3-1)16-6-8-17(9-7-16)19-13-22-24-20(23-19)21-12-18-14-25-10-11-26-18/h6-9,13,15,18H,1-5,10-12,14H2,(H,21,23,24). The van der Waals surface area contributed by atoms with Crippen molar-refractivity contribution >= 4 is 5.95 Å². The van der Waals surface area contributed by atoms with Gasteiger partial charge in [-0.25, -0.2) is 4.98 Å². The second-order valence-corrected chi connectivity index (χ2v) is 7.07. The third-order valence-electron chi connectivity index (χ3n) is 5.21. The Bertz CT molecular complexity index is 695. The number of anilines is 1. The first kappa shape index (κ1) is 17.4. The molecular formula is C20H26N4O2. The van der Waals surface area contributed by atoms with Gasteiger partial charge in [-0.1, -0.05) is 43.5 Å². The number of nitrogens with zero attached hydrogens (tertiary/aromatic N) is 3. The first-order chi connectivity index (χ1) is 12.9. The molecule has 1 aromatic heterocycles. The monoisotopic (exact) mass is 354 g/mol. The van der Waals surface area contributed by atoms with E-state index in [0.717, 1.165) is 17.2 Å². The molecule has 1 atom stereocenters. The fourth-order valence-corrected chi connectivity index (χ4v) is 3.74. The molecule has 2 heterocycles. The lowest BCUT2D eigenvalue weighted by Crippen LogP contribution is -2.34. The molecule has 1 N–H and O–H groups in total. The van der Waals surface area contributed by atoms with Crippen LogP contribution in [0.1, 0.15) is 43.6 Å². The van der Waals surface area contributed by atoms with E-state index >= 15 is 0 Å². The molecule has 1 saturated heterocycles. The number of rotatable bonds is 5. The Kier molecular flexibility index (Phi) is 5.72. The van der Waals surface area contributed by atoms with Crippen LogP contribution in [-0.2, 0) is 9.47 Å². The van der Waals surface area contributed by atoms with Crippen molar-refractivity contribution in [3.8, 4) is 11.3 Å². The minimum absolute atomic E-state index is 0.0331. The van der Waals surface area contributed by atoms with E-state index in [9.17, 15) is 0 Å². The van der Waals surface area contributed by atoms with Crippen LogP contribution in [0, 0.1) is 0 Å². The molecule has 1 aliphatic carbocycles. The number of hydrogen-bond donors (Lipinski definition) is 1. The van der Waals surface area contributed by atoms with Gasteiger partial charge in [-0.3, -0.25) is 0 Å². The van der Waals surface area contributed by atoms with Gasteiger partial charge in [0.1, 0.15) is 0 Å². The van der Waals surface area contributed by atoms with Gasteiger partial charge in [0.05, 0.1) is 37.8 Å². The zero-order valence-corrected chi connectivity index (χ0v) is 15.1. The molecule has 1 aromatic carbocycles. The van der Waals surface area contributed by atoms with Crippen LogP contribution in [0.3, 0.4) is 0 Å². The molecule has 1 aliphatic heterocycles. The Morgan fingerprint density at radius 2 is 1.88 bits per heavy atom. The molecule has 6 heteroatoms. The second kappa shape index (κ2) is 8.56. The average Bonchev–Trinajstić information content (AvgIpc) is 2.74. The quantitative estimate of drug-likeness (QED) is 0.887. The van der Waals surface area contributed by atoms with Crippen LogP contribution in [0.15, 0.2) is 30.5 Å². The van der Waals surface area contributed by atoms with Crippen molar-refractivity contribution in [1.29, 1.82) is 0 Å². The van der Waals surface area contributed by atoms with Gasteiger partial charge in [0.15, 0.2) is 0 Å². The molecule has 0 bridgehead atoms. The van der Waals surface area contributed by atoms with Gasteiger partial charge in [-0.15, -0.1) is 5.10 Å². The maximum atomic E-state index is 5.62. The summed E-state index contributed by atoms with van der Waals surface area (Å²) in [4.78, 5) is 4.59. The molecule has 0 amide bonds. The van der Waals surface area contributed by atoms with Crippen LogP contribution in [0.5, 0.6) is 0 Å². The molecule has 0 radical (unpaired) electrons. The minimum Gasteiger partial charge on any atom is -0.376 e. The zero-order chi connectivity index (χ0) is 17.6. The Morgan fingerprint density at radius 1 is 1.04 bits per heavy atom. The van der Waals surface area contributed by atoms with Crippen LogP contribution in [0.2, 0.25) is 0 Å². The molecule has 2 aliphatic rings. The summed E-state index contributed by atoms with van der Waals surface area (Å²) in [6.45, 7) is 2.52. The lowest BCUT2D eigenvalue weighted by molar-refractivity contribution is -0.0819. The van der Waals surface area contributed by atoms with E-state index in [0.29, 0.717) is 32.3 Å². The summed E-state index contributed by atoms with van der Waals surface area (Å²) in [6, 6.07) is 8.78. The summed E-state index contributed by atoms with van der Waals surface area (Å²) in [5.74, 6) is 1.24. The fraction of sp³-hybridized carbons (Fsp3) is 0.550. The molecule has 0 spiro atoms. The Balaban J connectivity index is 1.40. The lowest BCUT2D eigenvalue weighted by Gasteiger charge is -2.23. The highest BCUT2D eigenvalue weighted by atomic mass is 16.6. The summed E-state index contributed by atoms with van der Waals surface area (Å²) >= 11 is 0. The molecule has 1 saturated carbocycles. The molecule has 4 rings (SSSR count). The molecule has 138 valence electrons. The predicted octanol–water partition coefficient (Wildman–Crippen LogP) is 3.41. The highest BCUT2D eigenvalue weighted by molar-refractivity contribution is 5.59. The van der Waals surface area contributed by atoms with Gasteiger partial charge in [0.25, 0.3) is 0 Å². The van der Waals surface area contributed by atoms with Crippen LogP contribution in [-0.4, -0.2) is 47.7 Å². The average molecular weight is 354 g/mol. The van der Waals surface area contributed by atoms with Crippen molar-refractivity contribution in [3.05, 3.63) is 36.0 Å². The Hall–Kier alpha value is -2.05. The largest absolute Gasteiger partial charge is 0.376 e. The van der Waals surface area contributed by atoms with E-state index in [1.165, 1.54) is 37.7 Å². The Morgan fingerprint density at radius 3 is 2.65 bits per heavy atom. The molecule has 26 heavy (non-hydrogen) atoms. The van der Waals surface area contributed by atoms with Gasteiger partial charge < -0.3 is 14.8 Å². The van der Waals surface area contributed by atoms with Gasteiger partial charge in [0.2, 0.25) is 5.95 Å². The molecule has 1 unspecified atom stereocenters. The molecule has 6 nitrogen and oxygen atoms in total. The fourth-order valence-electron chi connectivity index (χ4n) is 3.74. The smallest absolute Gasteiger partial charge is 0.243 e. The summed E-state index contributed by atoms with van der Waals surface area (Å²) < 4.78 is 11.0. The summed E-state index contributed by atoms with van der Waals surface area (Å²) in [5.41, 5.74) is 3.35. The SMILES string of the molecule is c1cc(C2CCCCC2)ccc1-c1cnnc(NCC2COCCO2)n1. The molecule has 2 fully saturated rings. The second-order valence-electron chi connectivity index (χ2n) is 7.07. The van der Waals surface area contributed by atoms with Crippen molar-refractivity contribution in [2.75, 3.05) is 31.7 Å². The van der Waals surface area contributed by atoms with Crippen LogP contribution in [0.4, 0.5) is 5.95 Å². The predicted molar refractivity (Wildman–Crippen MR) is 100 cm³/mol. The van der Waals surface area contributed by atoms with Crippen LogP contribution in [0.25, 0.3) is 11.3 Å². The summed E-state index contributed by atoms with van der Waals surface area (Å²) in [5, 5.41) is 11.4. The number of benzene rings is 1. The van der Waals surface area contributed by atoms with Gasteiger partial charge in [0, 0.05) is 12.1 Å². The van der Waals surface area contributed by atoms with E-state index in [4.69, 9.17) is 9.47 Å². The van der Waals surface area contributed by atoms with Crippen molar-refractivity contribution < 1.29 is 9.47 Å². The summed E-state index contributed by atoms with van der Waals surface area (Å²) in [7, 11) is 0. The maximum Gasteiger partial charge on any atom is 0.243 e. The van der Waals surface area contributed by atoms with Gasteiger partial charge in [-0.2, -0.15) is 5.10 Å².